The standard InChI is InChI=1S/C24H30FN3O2S/c25-14-17-3-1-4-19(13-17)24(30)26-15-23(29)27-20-10-11-28(16-20)21-8-6-18(7-9-21)22-5-2-12-31-22/h1-5,12-13,18,20-21H,6-11,14-16H2,(H,26,30)(H,27,29)/t18?,20-,21?/m1/s1. The number of thiophene rings is 1. The highest BCUT2D eigenvalue weighted by Gasteiger charge is 2.32. The Balaban J connectivity index is 1.18. The Kier molecular flexibility index (Phi) is 7.35. The number of likely N-dealkylation sites (tertiary alicyclic amines) is 1. The van der Waals surface area contributed by atoms with Crippen molar-refractivity contribution in [3.63, 3.8) is 0 Å². The van der Waals surface area contributed by atoms with Crippen LogP contribution in [0.3, 0.4) is 0 Å². The number of nitrogens with zero attached hydrogens (tertiary/aromatic N) is 1. The lowest BCUT2D eigenvalue weighted by atomic mass is 9.84. The molecule has 1 aliphatic heterocycles. The van der Waals surface area contributed by atoms with Crippen LogP contribution in [-0.4, -0.2) is 48.4 Å². The van der Waals surface area contributed by atoms with Gasteiger partial charge in [0.15, 0.2) is 0 Å². The van der Waals surface area contributed by atoms with Gasteiger partial charge in [0.25, 0.3) is 5.91 Å². The molecule has 1 aromatic carbocycles. The van der Waals surface area contributed by atoms with Gasteiger partial charge in [-0.15, -0.1) is 11.3 Å². The van der Waals surface area contributed by atoms with Crippen molar-refractivity contribution >= 4 is 23.2 Å². The molecule has 1 saturated carbocycles. The van der Waals surface area contributed by atoms with E-state index >= 15 is 0 Å². The van der Waals surface area contributed by atoms with Crippen LogP contribution >= 0.6 is 11.3 Å². The molecule has 2 heterocycles. The monoisotopic (exact) mass is 443 g/mol. The molecule has 2 aromatic rings. The first kappa shape index (κ1) is 22.0. The fourth-order valence-corrected chi connectivity index (χ4v) is 5.72. The topological polar surface area (TPSA) is 61.4 Å². The molecule has 1 aromatic heterocycles. The van der Waals surface area contributed by atoms with E-state index < -0.39 is 6.67 Å². The highest BCUT2D eigenvalue weighted by Crippen LogP contribution is 2.37. The Morgan fingerprint density at radius 1 is 1.10 bits per heavy atom. The van der Waals surface area contributed by atoms with E-state index in [2.05, 4.69) is 33.0 Å². The third-order valence-electron chi connectivity index (χ3n) is 6.50. The lowest BCUT2D eigenvalue weighted by Crippen LogP contribution is -2.44. The van der Waals surface area contributed by atoms with Crippen LogP contribution in [0.5, 0.6) is 0 Å². The molecular weight excluding hydrogens is 413 g/mol. The maximum atomic E-state index is 12.8. The summed E-state index contributed by atoms with van der Waals surface area (Å²) in [6.45, 7) is 1.21. The van der Waals surface area contributed by atoms with E-state index in [1.807, 2.05) is 11.3 Å². The zero-order valence-corrected chi connectivity index (χ0v) is 18.5. The van der Waals surface area contributed by atoms with Gasteiger partial charge >= 0.3 is 0 Å². The first-order valence-corrected chi connectivity index (χ1v) is 12.0. The first-order valence-electron chi connectivity index (χ1n) is 11.1. The highest BCUT2D eigenvalue weighted by atomic mass is 32.1. The second kappa shape index (κ2) is 10.4. The maximum absolute atomic E-state index is 12.8. The van der Waals surface area contributed by atoms with Crippen LogP contribution in [0.4, 0.5) is 4.39 Å². The molecule has 31 heavy (non-hydrogen) atoms. The van der Waals surface area contributed by atoms with Crippen LogP contribution in [0.1, 0.15) is 58.8 Å². The number of halogens is 1. The summed E-state index contributed by atoms with van der Waals surface area (Å²) >= 11 is 1.87. The minimum absolute atomic E-state index is 0.0683. The molecule has 7 heteroatoms. The van der Waals surface area contributed by atoms with Crippen LogP contribution in [-0.2, 0) is 11.5 Å². The molecule has 0 unspecified atom stereocenters. The largest absolute Gasteiger partial charge is 0.350 e. The van der Waals surface area contributed by atoms with Gasteiger partial charge in [-0.1, -0.05) is 18.2 Å². The van der Waals surface area contributed by atoms with Crippen molar-refractivity contribution in [1.82, 2.24) is 15.5 Å². The Bertz CT molecular complexity index is 881. The lowest BCUT2D eigenvalue weighted by Gasteiger charge is -2.34. The summed E-state index contributed by atoms with van der Waals surface area (Å²) in [6, 6.07) is 11.5. The van der Waals surface area contributed by atoms with E-state index in [0.717, 1.165) is 19.5 Å². The summed E-state index contributed by atoms with van der Waals surface area (Å²) in [4.78, 5) is 28.6. The Labute approximate surface area is 187 Å². The van der Waals surface area contributed by atoms with Gasteiger partial charge in [-0.2, -0.15) is 0 Å². The van der Waals surface area contributed by atoms with Gasteiger partial charge < -0.3 is 10.6 Å². The average Bonchev–Trinajstić information content (AvgIpc) is 3.50. The van der Waals surface area contributed by atoms with E-state index in [0.29, 0.717) is 23.1 Å². The van der Waals surface area contributed by atoms with Crippen molar-refractivity contribution in [1.29, 1.82) is 0 Å². The molecule has 1 atom stereocenters. The van der Waals surface area contributed by atoms with Crippen molar-refractivity contribution in [2.75, 3.05) is 19.6 Å². The quantitative estimate of drug-likeness (QED) is 0.683. The second-order valence-corrected chi connectivity index (χ2v) is 9.56. The fraction of sp³-hybridized carbons (Fsp3) is 0.500. The summed E-state index contributed by atoms with van der Waals surface area (Å²) in [5.74, 6) is 0.174. The maximum Gasteiger partial charge on any atom is 0.251 e. The van der Waals surface area contributed by atoms with Gasteiger partial charge in [-0.25, -0.2) is 4.39 Å². The predicted molar refractivity (Wildman–Crippen MR) is 121 cm³/mol. The number of benzene rings is 1. The highest BCUT2D eigenvalue weighted by molar-refractivity contribution is 7.10. The molecule has 5 nitrogen and oxygen atoms in total. The van der Waals surface area contributed by atoms with Crippen molar-refractivity contribution in [3.8, 4) is 0 Å². The minimum Gasteiger partial charge on any atom is -0.350 e. The molecule has 0 radical (unpaired) electrons. The van der Waals surface area contributed by atoms with E-state index in [1.54, 1.807) is 18.2 Å². The van der Waals surface area contributed by atoms with Gasteiger partial charge in [0, 0.05) is 35.6 Å². The summed E-state index contributed by atoms with van der Waals surface area (Å²) in [6.07, 6.45) is 5.88. The molecule has 2 fully saturated rings. The number of amides is 2. The number of alkyl halides is 1. The van der Waals surface area contributed by atoms with E-state index in [4.69, 9.17) is 0 Å². The number of hydrogen-bond donors (Lipinski definition) is 2. The smallest absolute Gasteiger partial charge is 0.251 e. The van der Waals surface area contributed by atoms with Gasteiger partial charge in [-0.3, -0.25) is 14.5 Å². The predicted octanol–water partition coefficient (Wildman–Crippen LogP) is 3.86. The second-order valence-electron chi connectivity index (χ2n) is 8.59. The molecule has 4 rings (SSSR count). The molecule has 2 aliphatic rings. The number of carbonyl (C=O) groups is 2. The number of rotatable bonds is 7. The van der Waals surface area contributed by atoms with Gasteiger partial charge in [-0.05, 0) is 67.2 Å². The van der Waals surface area contributed by atoms with Gasteiger partial charge in [0.05, 0.1) is 6.54 Å². The van der Waals surface area contributed by atoms with Crippen LogP contribution < -0.4 is 10.6 Å². The number of hydrogen-bond acceptors (Lipinski definition) is 4. The zero-order chi connectivity index (χ0) is 21.6. The van der Waals surface area contributed by atoms with Crippen LogP contribution in [0.2, 0.25) is 0 Å². The normalized spacial score (nSPS) is 24.1. The lowest BCUT2D eigenvalue weighted by molar-refractivity contribution is -0.120. The van der Waals surface area contributed by atoms with E-state index in [1.165, 1.54) is 36.6 Å². The molecule has 166 valence electrons. The molecule has 2 amide bonds. The van der Waals surface area contributed by atoms with E-state index in [-0.39, 0.29) is 24.4 Å². The Morgan fingerprint density at radius 2 is 1.94 bits per heavy atom. The minimum atomic E-state index is -0.616. The summed E-state index contributed by atoms with van der Waals surface area (Å²) in [5, 5.41) is 7.85. The zero-order valence-electron chi connectivity index (χ0n) is 17.7. The van der Waals surface area contributed by atoms with E-state index in [9.17, 15) is 14.0 Å². The first-order chi connectivity index (χ1) is 15.1. The molecule has 2 N–H and O–H groups in total. The van der Waals surface area contributed by atoms with Crippen molar-refractivity contribution in [2.45, 2.75) is 56.8 Å². The molecular formula is C24H30FN3O2S. The fourth-order valence-electron chi connectivity index (χ4n) is 4.82. The van der Waals surface area contributed by atoms with Crippen molar-refractivity contribution < 1.29 is 14.0 Å². The third kappa shape index (κ3) is 5.71. The molecule has 1 saturated heterocycles. The number of carbonyl (C=O) groups excluding carboxylic acids is 2. The average molecular weight is 444 g/mol. The Morgan fingerprint density at radius 3 is 2.68 bits per heavy atom. The van der Waals surface area contributed by atoms with Crippen LogP contribution in [0, 0.1) is 0 Å². The summed E-state index contributed by atoms with van der Waals surface area (Å²) < 4.78 is 12.8. The summed E-state index contributed by atoms with van der Waals surface area (Å²) in [5.41, 5.74) is 0.820. The third-order valence-corrected chi connectivity index (χ3v) is 7.53. The Hall–Kier alpha value is -2.25. The van der Waals surface area contributed by atoms with Gasteiger partial charge in [0.2, 0.25) is 5.91 Å². The van der Waals surface area contributed by atoms with Crippen LogP contribution in [0.25, 0.3) is 0 Å². The summed E-state index contributed by atoms with van der Waals surface area (Å²) in [7, 11) is 0. The SMILES string of the molecule is O=C(CNC(=O)c1cccc(CF)c1)N[C@@H]1CCN(C2CCC(c3cccs3)CC2)C1. The van der Waals surface area contributed by atoms with Crippen LogP contribution in [0.15, 0.2) is 41.8 Å². The van der Waals surface area contributed by atoms with Gasteiger partial charge in [0.1, 0.15) is 6.67 Å². The number of nitrogens with one attached hydrogen (secondary N) is 2. The van der Waals surface area contributed by atoms with Crippen molar-refractivity contribution in [3.05, 3.63) is 57.8 Å². The molecule has 0 spiro atoms. The molecule has 1 aliphatic carbocycles. The van der Waals surface area contributed by atoms with Crippen molar-refractivity contribution in [2.24, 2.45) is 0 Å². The molecule has 0 bridgehead atoms.